The minimum Gasteiger partial charge on any atom is -0.497 e. The number of thiocarbonyl (C=S) groups is 1. The molecule has 1 saturated heterocycles. The molecule has 1 fully saturated rings. The fraction of sp³-hybridized carbons (Fsp3) is 0.364. The molecule has 1 aliphatic heterocycles. The Morgan fingerprint density at radius 2 is 2.13 bits per heavy atom. The van der Waals surface area contributed by atoms with Gasteiger partial charge in [-0.2, -0.15) is 0 Å². The SMILES string of the molecule is COc1ccc(CC2CNC(=S)N2)cc1. The highest BCUT2D eigenvalue weighted by atomic mass is 32.1. The summed E-state index contributed by atoms with van der Waals surface area (Å²) in [6.07, 6.45) is 0.983. The van der Waals surface area contributed by atoms with Crippen molar-refractivity contribution in [3.05, 3.63) is 29.8 Å². The molecule has 1 atom stereocenters. The Labute approximate surface area is 94.8 Å². The van der Waals surface area contributed by atoms with Crippen LogP contribution in [0.5, 0.6) is 5.75 Å². The normalized spacial score (nSPS) is 19.5. The lowest BCUT2D eigenvalue weighted by molar-refractivity contribution is 0.414. The summed E-state index contributed by atoms with van der Waals surface area (Å²) in [5.74, 6) is 0.895. The van der Waals surface area contributed by atoms with E-state index in [2.05, 4.69) is 22.8 Å². The zero-order valence-electron chi connectivity index (χ0n) is 8.62. The van der Waals surface area contributed by atoms with E-state index >= 15 is 0 Å². The van der Waals surface area contributed by atoms with Crippen LogP contribution in [0, 0.1) is 0 Å². The maximum Gasteiger partial charge on any atom is 0.166 e. The number of ether oxygens (including phenoxy) is 1. The Bertz CT molecular complexity index is 350. The average Bonchev–Trinajstić information content (AvgIpc) is 2.65. The third kappa shape index (κ3) is 2.59. The van der Waals surface area contributed by atoms with Crippen molar-refractivity contribution in [3.8, 4) is 5.75 Å². The van der Waals surface area contributed by atoms with Gasteiger partial charge in [0.1, 0.15) is 5.75 Å². The minimum absolute atomic E-state index is 0.408. The summed E-state index contributed by atoms with van der Waals surface area (Å²) in [5.41, 5.74) is 1.29. The predicted octanol–water partition coefficient (Wildman–Crippen LogP) is 1.08. The van der Waals surface area contributed by atoms with Gasteiger partial charge in [-0.05, 0) is 36.3 Å². The fourth-order valence-electron chi connectivity index (χ4n) is 1.67. The maximum atomic E-state index is 5.11. The highest BCUT2D eigenvalue weighted by Gasteiger charge is 2.17. The molecule has 0 bridgehead atoms. The van der Waals surface area contributed by atoms with Crippen molar-refractivity contribution in [2.45, 2.75) is 12.5 Å². The standard InChI is InChI=1S/C11H14N2OS/c1-14-10-4-2-8(3-5-10)6-9-7-12-11(15)13-9/h2-5,9H,6-7H2,1H3,(H2,12,13,15). The second-order valence-electron chi connectivity index (χ2n) is 3.60. The molecule has 0 aromatic heterocycles. The molecule has 0 saturated carbocycles. The number of benzene rings is 1. The summed E-state index contributed by atoms with van der Waals surface area (Å²) in [6.45, 7) is 0.908. The fourth-order valence-corrected chi connectivity index (χ4v) is 1.92. The first-order valence-electron chi connectivity index (χ1n) is 4.95. The largest absolute Gasteiger partial charge is 0.497 e. The predicted molar refractivity (Wildman–Crippen MR) is 64.2 cm³/mol. The van der Waals surface area contributed by atoms with Gasteiger partial charge in [0, 0.05) is 12.6 Å². The van der Waals surface area contributed by atoms with E-state index in [-0.39, 0.29) is 0 Å². The lowest BCUT2D eigenvalue weighted by atomic mass is 10.1. The van der Waals surface area contributed by atoms with Crippen molar-refractivity contribution in [1.29, 1.82) is 0 Å². The molecular weight excluding hydrogens is 208 g/mol. The molecular formula is C11H14N2OS. The van der Waals surface area contributed by atoms with Crippen LogP contribution in [0.3, 0.4) is 0 Å². The van der Waals surface area contributed by atoms with Crippen molar-refractivity contribution >= 4 is 17.3 Å². The van der Waals surface area contributed by atoms with Crippen LogP contribution in [-0.2, 0) is 6.42 Å². The van der Waals surface area contributed by atoms with Gasteiger partial charge in [0.15, 0.2) is 5.11 Å². The topological polar surface area (TPSA) is 33.3 Å². The molecule has 1 aliphatic rings. The molecule has 2 N–H and O–H groups in total. The molecule has 15 heavy (non-hydrogen) atoms. The molecule has 80 valence electrons. The van der Waals surface area contributed by atoms with Crippen LogP contribution in [-0.4, -0.2) is 24.8 Å². The van der Waals surface area contributed by atoms with Crippen molar-refractivity contribution in [3.63, 3.8) is 0 Å². The van der Waals surface area contributed by atoms with Crippen LogP contribution in [0.2, 0.25) is 0 Å². The lowest BCUT2D eigenvalue weighted by Gasteiger charge is -2.09. The molecule has 0 radical (unpaired) electrons. The van der Waals surface area contributed by atoms with Gasteiger partial charge < -0.3 is 15.4 Å². The second kappa shape index (κ2) is 4.49. The van der Waals surface area contributed by atoms with Crippen LogP contribution >= 0.6 is 12.2 Å². The van der Waals surface area contributed by atoms with E-state index in [1.807, 2.05) is 12.1 Å². The van der Waals surface area contributed by atoms with Crippen molar-refractivity contribution in [2.75, 3.05) is 13.7 Å². The highest BCUT2D eigenvalue weighted by Crippen LogP contribution is 2.13. The summed E-state index contributed by atoms with van der Waals surface area (Å²) in [5, 5.41) is 7.09. The van der Waals surface area contributed by atoms with Crippen LogP contribution in [0.1, 0.15) is 5.56 Å². The summed E-state index contributed by atoms with van der Waals surface area (Å²) in [4.78, 5) is 0. The molecule has 0 amide bonds. The second-order valence-corrected chi connectivity index (χ2v) is 4.01. The van der Waals surface area contributed by atoms with Crippen LogP contribution in [0.4, 0.5) is 0 Å². The van der Waals surface area contributed by atoms with Gasteiger partial charge in [-0.15, -0.1) is 0 Å². The smallest absolute Gasteiger partial charge is 0.166 e. The Morgan fingerprint density at radius 1 is 1.40 bits per heavy atom. The first-order valence-corrected chi connectivity index (χ1v) is 5.36. The van der Waals surface area contributed by atoms with Crippen molar-refractivity contribution in [1.82, 2.24) is 10.6 Å². The number of rotatable bonds is 3. The molecule has 1 aromatic carbocycles. The summed E-state index contributed by atoms with van der Waals surface area (Å²) in [7, 11) is 1.68. The van der Waals surface area contributed by atoms with Crippen molar-refractivity contribution < 1.29 is 4.74 Å². The average molecular weight is 222 g/mol. The zero-order valence-corrected chi connectivity index (χ0v) is 9.43. The molecule has 1 aromatic rings. The van der Waals surface area contributed by atoms with Gasteiger partial charge in [0.25, 0.3) is 0 Å². The Morgan fingerprint density at radius 3 is 2.67 bits per heavy atom. The molecule has 1 heterocycles. The maximum absolute atomic E-state index is 5.11. The first-order chi connectivity index (χ1) is 7.28. The van der Waals surface area contributed by atoms with Gasteiger partial charge in [-0.1, -0.05) is 12.1 Å². The van der Waals surface area contributed by atoms with Gasteiger partial charge in [0.2, 0.25) is 0 Å². The Kier molecular flexibility index (Phi) is 3.06. The Hall–Kier alpha value is -1.29. The third-order valence-corrected chi connectivity index (χ3v) is 2.75. The number of hydrogen-bond acceptors (Lipinski definition) is 2. The summed E-state index contributed by atoms with van der Waals surface area (Å²) < 4.78 is 5.11. The van der Waals surface area contributed by atoms with E-state index in [1.54, 1.807) is 7.11 Å². The van der Waals surface area contributed by atoms with E-state index in [0.29, 0.717) is 6.04 Å². The van der Waals surface area contributed by atoms with Crippen LogP contribution in [0.25, 0.3) is 0 Å². The minimum atomic E-state index is 0.408. The first kappa shape index (κ1) is 10.2. The summed E-state index contributed by atoms with van der Waals surface area (Å²) in [6, 6.07) is 8.54. The van der Waals surface area contributed by atoms with E-state index in [1.165, 1.54) is 5.56 Å². The molecule has 0 spiro atoms. The summed E-state index contributed by atoms with van der Waals surface area (Å²) >= 11 is 5.01. The van der Waals surface area contributed by atoms with Crippen LogP contribution < -0.4 is 15.4 Å². The number of methoxy groups -OCH3 is 1. The van der Waals surface area contributed by atoms with E-state index in [4.69, 9.17) is 17.0 Å². The van der Waals surface area contributed by atoms with E-state index < -0.39 is 0 Å². The van der Waals surface area contributed by atoms with E-state index in [9.17, 15) is 0 Å². The highest BCUT2D eigenvalue weighted by molar-refractivity contribution is 7.80. The van der Waals surface area contributed by atoms with Gasteiger partial charge >= 0.3 is 0 Å². The van der Waals surface area contributed by atoms with E-state index in [0.717, 1.165) is 23.8 Å². The molecule has 4 heteroatoms. The lowest BCUT2D eigenvalue weighted by Crippen LogP contribution is -2.28. The molecule has 3 nitrogen and oxygen atoms in total. The number of hydrogen-bond donors (Lipinski definition) is 2. The van der Waals surface area contributed by atoms with Gasteiger partial charge in [-0.3, -0.25) is 0 Å². The molecule has 2 rings (SSSR count). The van der Waals surface area contributed by atoms with Crippen LogP contribution in [0.15, 0.2) is 24.3 Å². The molecule has 1 unspecified atom stereocenters. The molecule has 0 aliphatic carbocycles. The van der Waals surface area contributed by atoms with Gasteiger partial charge in [-0.25, -0.2) is 0 Å². The number of nitrogens with one attached hydrogen (secondary N) is 2. The monoisotopic (exact) mass is 222 g/mol. The third-order valence-electron chi connectivity index (χ3n) is 2.49. The zero-order chi connectivity index (χ0) is 10.7. The van der Waals surface area contributed by atoms with Gasteiger partial charge in [0.05, 0.1) is 7.11 Å². The Balaban J connectivity index is 1.96. The van der Waals surface area contributed by atoms with Crippen molar-refractivity contribution in [2.24, 2.45) is 0 Å². The quantitative estimate of drug-likeness (QED) is 0.750.